The molecule has 0 radical (unpaired) electrons. The van der Waals surface area contributed by atoms with E-state index in [1.807, 2.05) is 6.92 Å². The molecule has 1 atom stereocenters. The number of ether oxygens (including phenoxy) is 1. The van der Waals surface area contributed by atoms with Crippen LogP contribution in [-0.2, 0) is 9.53 Å². The van der Waals surface area contributed by atoms with E-state index < -0.39 is 0 Å². The van der Waals surface area contributed by atoms with Crippen molar-refractivity contribution in [3.05, 3.63) is 0 Å². The second kappa shape index (κ2) is 6.57. The van der Waals surface area contributed by atoms with Crippen molar-refractivity contribution in [3.63, 3.8) is 0 Å². The summed E-state index contributed by atoms with van der Waals surface area (Å²) >= 11 is 0. The van der Waals surface area contributed by atoms with Gasteiger partial charge in [0.1, 0.15) is 0 Å². The van der Waals surface area contributed by atoms with Crippen molar-refractivity contribution < 1.29 is 9.53 Å². The fourth-order valence-corrected chi connectivity index (χ4v) is 2.44. The van der Waals surface area contributed by atoms with Crippen LogP contribution in [0, 0.1) is 0 Å². The van der Waals surface area contributed by atoms with E-state index in [0.717, 1.165) is 45.4 Å². The molecule has 4 nitrogen and oxygen atoms in total. The van der Waals surface area contributed by atoms with Crippen molar-refractivity contribution in [1.82, 2.24) is 10.6 Å². The second-order valence-electron chi connectivity index (χ2n) is 5.08. The maximum absolute atomic E-state index is 12.2. The quantitative estimate of drug-likeness (QED) is 0.787. The van der Waals surface area contributed by atoms with Crippen molar-refractivity contribution in [3.8, 4) is 0 Å². The summed E-state index contributed by atoms with van der Waals surface area (Å²) in [5, 5.41) is 6.49. The number of nitrogens with one attached hydrogen (secondary N) is 2. The van der Waals surface area contributed by atoms with E-state index >= 15 is 0 Å². The lowest BCUT2D eigenvalue weighted by atomic mass is 9.89. The summed E-state index contributed by atoms with van der Waals surface area (Å²) in [7, 11) is 0. The van der Waals surface area contributed by atoms with Gasteiger partial charge in [0.15, 0.2) is 0 Å². The number of piperidine rings is 1. The molecule has 2 heterocycles. The monoisotopic (exact) mass is 262 g/mol. The lowest BCUT2D eigenvalue weighted by Gasteiger charge is -2.35. The van der Waals surface area contributed by atoms with Gasteiger partial charge in [-0.15, -0.1) is 12.4 Å². The van der Waals surface area contributed by atoms with Crippen molar-refractivity contribution in [1.29, 1.82) is 0 Å². The van der Waals surface area contributed by atoms with Crippen LogP contribution in [0.3, 0.4) is 0 Å². The zero-order chi connectivity index (χ0) is 11.4. The van der Waals surface area contributed by atoms with E-state index in [1.54, 1.807) is 0 Å². The Balaban J connectivity index is 0.00000144. The Morgan fingerprint density at radius 2 is 2.06 bits per heavy atom. The first kappa shape index (κ1) is 14.7. The molecular formula is C12H23ClN2O2. The summed E-state index contributed by atoms with van der Waals surface area (Å²) in [6.07, 6.45) is 5.16. The average Bonchev–Trinajstić information content (AvgIpc) is 2.31. The van der Waals surface area contributed by atoms with E-state index in [9.17, 15) is 4.79 Å². The van der Waals surface area contributed by atoms with E-state index in [2.05, 4.69) is 10.6 Å². The molecule has 0 aromatic heterocycles. The van der Waals surface area contributed by atoms with Crippen molar-refractivity contribution in [2.45, 2.75) is 50.6 Å². The number of amides is 1. The third kappa shape index (κ3) is 3.83. The van der Waals surface area contributed by atoms with Crippen LogP contribution in [0.1, 0.15) is 39.0 Å². The van der Waals surface area contributed by atoms with Gasteiger partial charge in [-0.3, -0.25) is 4.79 Å². The first-order valence-electron chi connectivity index (χ1n) is 6.34. The number of halogens is 1. The minimum atomic E-state index is -0.351. The van der Waals surface area contributed by atoms with Gasteiger partial charge in [-0.2, -0.15) is 0 Å². The standard InChI is InChI=1S/C12H22N2O2.ClH/c1-12(6-2-3-7-13-12)11(15)14-10-4-8-16-9-5-10;/h10,13H,2-9H2,1H3,(H,14,15);1H. The molecule has 2 aliphatic heterocycles. The van der Waals surface area contributed by atoms with Gasteiger partial charge in [0.25, 0.3) is 0 Å². The molecule has 2 aliphatic rings. The Kier molecular flexibility index (Phi) is 5.70. The highest BCUT2D eigenvalue weighted by Gasteiger charge is 2.35. The van der Waals surface area contributed by atoms with Gasteiger partial charge >= 0.3 is 0 Å². The first-order chi connectivity index (χ1) is 7.71. The van der Waals surface area contributed by atoms with Crippen LogP contribution in [-0.4, -0.2) is 37.2 Å². The third-order valence-corrected chi connectivity index (χ3v) is 3.68. The minimum Gasteiger partial charge on any atom is -0.381 e. The Morgan fingerprint density at radius 1 is 1.35 bits per heavy atom. The fraction of sp³-hybridized carbons (Fsp3) is 0.917. The van der Waals surface area contributed by atoms with Gasteiger partial charge < -0.3 is 15.4 Å². The summed E-state index contributed by atoms with van der Waals surface area (Å²) < 4.78 is 5.28. The summed E-state index contributed by atoms with van der Waals surface area (Å²) in [6.45, 7) is 4.52. The van der Waals surface area contributed by atoms with E-state index in [4.69, 9.17) is 4.74 Å². The smallest absolute Gasteiger partial charge is 0.240 e. The molecule has 0 aromatic rings. The molecule has 0 bridgehead atoms. The molecule has 2 fully saturated rings. The highest BCUT2D eigenvalue weighted by atomic mass is 35.5. The number of rotatable bonds is 2. The van der Waals surface area contributed by atoms with Gasteiger partial charge in [0.05, 0.1) is 5.54 Å². The molecule has 5 heteroatoms. The van der Waals surface area contributed by atoms with Crippen LogP contribution < -0.4 is 10.6 Å². The molecule has 0 aromatic carbocycles. The Hall–Kier alpha value is -0.320. The van der Waals surface area contributed by atoms with E-state index in [1.165, 1.54) is 6.42 Å². The Morgan fingerprint density at radius 3 is 2.65 bits per heavy atom. The van der Waals surface area contributed by atoms with Crippen molar-refractivity contribution in [2.75, 3.05) is 19.8 Å². The summed E-state index contributed by atoms with van der Waals surface area (Å²) in [4.78, 5) is 12.2. The van der Waals surface area contributed by atoms with Gasteiger partial charge in [0, 0.05) is 19.3 Å². The predicted octanol–water partition coefficient (Wildman–Crippen LogP) is 1.24. The van der Waals surface area contributed by atoms with Gasteiger partial charge in [-0.1, -0.05) is 0 Å². The topological polar surface area (TPSA) is 50.4 Å². The van der Waals surface area contributed by atoms with Crippen LogP contribution >= 0.6 is 12.4 Å². The SMILES string of the molecule is CC1(C(=O)NC2CCOCC2)CCCCN1.Cl. The first-order valence-corrected chi connectivity index (χ1v) is 6.34. The van der Waals surface area contributed by atoms with Gasteiger partial charge in [-0.25, -0.2) is 0 Å². The Labute approximate surface area is 109 Å². The van der Waals surface area contributed by atoms with Crippen LogP contribution in [0.15, 0.2) is 0 Å². The highest BCUT2D eigenvalue weighted by Crippen LogP contribution is 2.19. The van der Waals surface area contributed by atoms with Crippen LogP contribution in [0.2, 0.25) is 0 Å². The molecule has 2 rings (SSSR count). The molecule has 2 N–H and O–H groups in total. The fourth-order valence-electron chi connectivity index (χ4n) is 2.44. The molecule has 17 heavy (non-hydrogen) atoms. The van der Waals surface area contributed by atoms with Crippen LogP contribution in [0.5, 0.6) is 0 Å². The van der Waals surface area contributed by atoms with Crippen molar-refractivity contribution in [2.24, 2.45) is 0 Å². The summed E-state index contributed by atoms with van der Waals surface area (Å²) in [5.41, 5.74) is -0.351. The molecule has 0 saturated carbocycles. The molecular weight excluding hydrogens is 240 g/mol. The van der Waals surface area contributed by atoms with Crippen LogP contribution in [0.4, 0.5) is 0 Å². The lowest BCUT2D eigenvalue weighted by molar-refractivity contribution is -0.129. The maximum atomic E-state index is 12.2. The molecule has 0 aliphatic carbocycles. The molecule has 1 unspecified atom stereocenters. The van der Waals surface area contributed by atoms with Crippen LogP contribution in [0.25, 0.3) is 0 Å². The van der Waals surface area contributed by atoms with Crippen molar-refractivity contribution >= 4 is 18.3 Å². The maximum Gasteiger partial charge on any atom is 0.240 e. The van der Waals surface area contributed by atoms with E-state index in [0.29, 0.717) is 6.04 Å². The van der Waals surface area contributed by atoms with E-state index in [-0.39, 0.29) is 23.9 Å². The Bertz CT molecular complexity index is 249. The molecule has 2 saturated heterocycles. The summed E-state index contributed by atoms with van der Waals surface area (Å²) in [6, 6.07) is 0.307. The number of hydrogen-bond acceptors (Lipinski definition) is 3. The zero-order valence-electron chi connectivity index (χ0n) is 10.5. The normalized spacial score (nSPS) is 30.4. The molecule has 100 valence electrons. The molecule has 1 amide bonds. The number of carbonyl (C=O) groups excluding carboxylic acids is 1. The molecule has 0 spiro atoms. The average molecular weight is 263 g/mol. The largest absolute Gasteiger partial charge is 0.381 e. The van der Waals surface area contributed by atoms with Gasteiger partial charge in [0.2, 0.25) is 5.91 Å². The number of carbonyl (C=O) groups is 1. The highest BCUT2D eigenvalue weighted by molar-refractivity contribution is 5.86. The lowest BCUT2D eigenvalue weighted by Crippen LogP contribution is -2.59. The third-order valence-electron chi connectivity index (χ3n) is 3.68. The predicted molar refractivity (Wildman–Crippen MR) is 69.5 cm³/mol. The van der Waals surface area contributed by atoms with Gasteiger partial charge in [-0.05, 0) is 45.6 Å². The second-order valence-corrected chi connectivity index (χ2v) is 5.08. The number of hydrogen-bond donors (Lipinski definition) is 2. The minimum absolute atomic E-state index is 0. The summed E-state index contributed by atoms with van der Waals surface area (Å²) in [5.74, 6) is 0.166. The zero-order valence-corrected chi connectivity index (χ0v) is 11.3.